The summed E-state index contributed by atoms with van der Waals surface area (Å²) >= 11 is 2.78. The Kier molecular flexibility index (Phi) is 5.88. The number of nitrogens with zero attached hydrogens (tertiary/aromatic N) is 2. The zero-order valence-electron chi connectivity index (χ0n) is 14.8. The number of benzene rings is 2. The van der Waals surface area contributed by atoms with Gasteiger partial charge in [-0.3, -0.25) is 14.9 Å². The van der Waals surface area contributed by atoms with Crippen molar-refractivity contribution in [1.82, 2.24) is 4.98 Å². The number of nitrogens with one attached hydrogen (secondary N) is 1. The van der Waals surface area contributed by atoms with E-state index >= 15 is 0 Å². The summed E-state index contributed by atoms with van der Waals surface area (Å²) in [7, 11) is 0. The first kappa shape index (κ1) is 19.1. The maximum atomic E-state index is 12.2. The molecule has 1 aromatic heterocycles. The van der Waals surface area contributed by atoms with Gasteiger partial charge in [0.25, 0.3) is 5.69 Å². The maximum absolute atomic E-state index is 12.2. The lowest BCUT2D eigenvalue weighted by Gasteiger charge is -2.08. The van der Waals surface area contributed by atoms with Gasteiger partial charge in [-0.25, -0.2) is 4.98 Å². The molecule has 0 atom stereocenters. The third-order valence-electron chi connectivity index (χ3n) is 3.87. The van der Waals surface area contributed by atoms with Gasteiger partial charge < -0.3 is 5.32 Å². The fourth-order valence-corrected chi connectivity index (χ4v) is 4.09. The van der Waals surface area contributed by atoms with Crippen molar-refractivity contribution < 1.29 is 9.72 Å². The molecule has 138 valence electrons. The summed E-state index contributed by atoms with van der Waals surface area (Å²) in [4.78, 5) is 27.4. The minimum atomic E-state index is -0.496. The molecule has 0 radical (unpaired) electrons. The lowest BCUT2D eigenvalue weighted by atomic mass is 10.1. The van der Waals surface area contributed by atoms with Crippen LogP contribution in [0.4, 0.5) is 11.4 Å². The minimum absolute atomic E-state index is 0.107. The number of aryl methyl sites for hydroxylation is 2. The molecular weight excluding hydrogens is 382 g/mol. The predicted molar refractivity (Wildman–Crippen MR) is 109 cm³/mol. The van der Waals surface area contributed by atoms with Gasteiger partial charge in [-0.05, 0) is 19.4 Å². The van der Waals surface area contributed by atoms with E-state index in [1.165, 1.54) is 34.7 Å². The van der Waals surface area contributed by atoms with E-state index in [1.54, 1.807) is 19.1 Å². The lowest BCUT2D eigenvalue weighted by molar-refractivity contribution is -0.384. The summed E-state index contributed by atoms with van der Waals surface area (Å²) in [5.41, 5.74) is 3.88. The molecule has 1 heterocycles. The van der Waals surface area contributed by atoms with Gasteiger partial charge in [-0.15, -0.1) is 11.3 Å². The van der Waals surface area contributed by atoms with Gasteiger partial charge in [0.1, 0.15) is 5.69 Å². The van der Waals surface area contributed by atoms with Crippen LogP contribution in [0, 0.1) is 24.0 Å². The van der Waals surface area contributed by atoms with Crippen LogP contribution in [0.2, 0.25) is 0 Å². The van der Waals surface area contributed by atoms with Crippen molar-refractivity contribution >= 4 is 40.4 Å². The average molecular weight is 399 g/mol. The molecule has 8 heteroatoms. The highest BCUT2D eigenvalue weighted by Crippen LogP contribution is 2.30. The largest absolute Gasteiger partial charge is 0.319 e. The topological polar surface area (TPSA) is 85.1 Å². The molecule has 0 fully saturated rings. The summed E-state index contributed by atoms with van der Waals surface area (Å²) in [5.74, 6) is -0.170. The molecular formula is C19H17N3O3S2. The van der Waals surface area contributed by atoms with Gasteiger partial charge in [0, 0.05) is 17.0 Å². The maximum Gasteiger partial charge on any atom is 0.293 e. The molecule has 3 rings (SSSR count). The van der Waals surface area contributed by atoms with Crippen molar-refractivity contribution in [2.45, 2.75) is 18.2 Å². The first-order chi connectivity index (χ1) is 12.9. The number of nitro groups is 1. The van der Waals surface area contributed by atoms with Gasteiger partial charge in [-0.1, -0.05) is 53.7 Å². The quantitative estimate of drug-likeness (QED) is 0.355. The number of aromatic nitrogens is 1. The monoisotopic (exact) mass is 399 g/mol. The molecule has 0 saturated carbocycles. The summed E-state index contributed by atoms with van der Waals surface area (Å²) in [6, 6.07) is 12.8. The van der Waals surface area contributed by atoms with Crippen LogP contribution in [-0.2, 0) is 4.79 Å². The Labute approximate surface area is 164 Å². The molecule has 0 aliphatic heterocycles. The van der Waals surface area contributed by atoms with E-state index in [9.17, 15) is 14.9 Å². The average Bonchev–Trinajstić information content (AvgIpc) is 3.11. The Balaban J connectivity index is 1.64. The fraction of sp³-hybridized carbons (Fsp3) is 0.158. The van der Waals surface area contributed by atoms with Gasteiger partial charge in [0.2, 0.25) is 5.91 Å². The van der Waals surface area contributed by atoms with Crippen LogP contribution in [0.1, 0.15) is 11.1 Å². The molecule has 0 aliphatic carbocycles. The number of hydrogen-bond acceptors (Lipinski definition) is 6. The lowest BCUT2D eigenvalue weighted by Crippen LogP contribution is -2.16. The second-order valence-electron chi connectivity index (χ2n) is 5.93. The molecule has 2 aromatic carbocycles. The Morgan fingerprint density at radius 3 is 2.67 bits per heavy atom. The highest BCUT2D eigenvalue weighted by molar-refractivity contribution is 8.01. The summed E-state index contributed by atoms with van der Waals surface area (Å²) in [6.45, 7) is 3.76. The zero-order valence-corrected chi connectivity index (χ0v) is 16.4. The fourth-order valence-electron chi connectivity index (χ4n) is 2.45. The van der Waals surface area contributed by atoms with E-state index in [-0.39, 0.29) is 23.0 Å². The number of rotatable bonds is 6. The van der Waals surface area contributed by atoms with Gasteiger partial charge in [-0.2, -0.15) is 0 Å². The van der Waals surface area contributed by atoms with Crippen LogP contribution in [0.15, 0.2) is 52.2 Å². The smallest absolute Gasteiger partial charge is 0.293 e. The second kappa shape index (κ2) is 8.32. The molecule has 0 spiro atoms. The predicted octanol–water partition coefficient (Wildman–Crippen LogP) is 5.07. The van der Waals surface area contributed by atoms with Crippen LogP contribution in [0.5, 0.6) is 0 Å². The third kappa shape index (κ3) is 4.72. The molecule has 3 aromatic rings. The first-order valence-electron chi connectivity index (χ1n) is 8.13. The van der Waals surface area contributed by atoms with Crippen molar-refractivity contribution in [1.29, 1.82) is 0 Å². The normalized spacial score (nSPS) is 10.6. The number of para-hydroxylation sites is 1. The Morgan fingerprint density at radius 2 is 1.96 bits per heavy atom. The van der Waals surface area contributed by atoms with Crippen LogP contribution in [0.25, 0.3) is 11.3 Å². The molecule has 6 nitrogen and oxygen atoms in total. The summed E-state index contributed by atoms with van der Waals surface area (Å²) in [5, 5.41) is 15.7. The van der Waals surface area contributed by atoms with Crippen molar-refractivity contribution in [3.8, 4) is 11.3 Å². The van der Waals surface area contributed by atoms with E-state index < -0.39 is 4.92 Å². The van der Waals surface area contributed by atoms with Crippen molar-refractivity contribution in [2.24, 2.45) is 0 Å². The van der Waals surface area contributed by atoms with Crippen LogP contribution in [-0.4, -0.2) is 21.6 Å². The zero-order chi connectivity index (χ0) is 19.4. The van der Waals surface area contributed by atoms with Crippen molar-refractivity contribution in [3.05, 3.63) is 69.1 Å². The number of nitro benzene ring substituents is 1. The molecule has 0 saturated heterocycles. The number of amides is 1. The van der Waals surface area contributed by atoms with Gasteiger partial charge in [0.05, 0.1) is 16.4 Å². The van der Waals surface area contributed by atoms with E-state index in [2.05, 4.69) is 10.3 Å². The highest BCUT2D eigenvalue weighted by Gasteiger charge is 2.18. The minimum Gasteiger partial charge on any atom is -0.319 e. The van der Waals surface area contributed by atoms with E-state index in [4.69, 9.17) is 0 Å². The van der Waals surface area contributed by atoms with E-state index in [1.807, 2.05) is 36.6 Å². The molecule has 0 aliphatic rings. The highest BCUT2D eigenvalue weighted by atomic mass is 32.2. The van der Waals surface area contributed by atoms with Crippen molar-refractivity contribution in [3.63, 3.8) is 0 Å². The SMILES string of the molecule is Cc1ccc(-c2csc(SCC(=O)Nc3c(C)cccc3[N+](=O)[O-])n2)cc1. The number of carbonyl (C=O) groups excluding carboxylic acids is 1. The van der Waals surface area contributed by atoms with E-state index in [0.717, 1.165) is 15.6 Å². The summed E-state index contributed by atoms with van der Waals surface area (Å²) < 4.78 is 0.778. The van der Waals surface area contributed by atoms with Gasteiger partial charge in [0.15, 0.2) is 4.34 Å². The van der Waals surface area contributed by atoms with Crippen LogP contribution in [0.3, 0.4) is 0 Å². The first-order valence-corrected chi connectivity index (χ1v) is 10.00. The number of anilines is 1. The number of thioether (sulfide) groups is 1. The molecule has 0 unspecified atom stereocenters. The van der Waals surface area contributed by atoms with Crippen molar-refractivity contribution in [2.75, 3.05) is 11.1 Å². The Hall–Kier alpha value is -2.71. The Morgan fingerprint density at radius 1 is 1.22 bits per heavy atom. The number of carbonyl (C=O) groups is 1. The Bertz CT molecular complexity index is 984. The summed E-state index contributed by atoms with van der Waals surface area (Å²) in [6.07, 6.45) is 0. The standard InChI is InChI=1S/C19H17N3O3S2/c1-12-6-8-14(9-7-12)15-10-26-19(20-15)27-11-17(23)21-18-13(2)4-3-5-16(18)22(24)25/h3-10H,11H2,1-2H3,(H,21,23). The number of hydrogen-bond donors (Lipinski definition) is 1. The third-order valence-corrected chi connectivity index (χ3v) is 5.89. The van der Waals surface area contributed by atoms with Crippen LogP contribution < -0.4 is 5.32 Å². The second-order valence-corrected chi connectivity index (χ2v) is 8.01. The molecule has 0 bridgehead atoms. The van der Waals surface area contributed by atoms with Gasteiger partial charge >= 0.3 is 0 Å². The molecule has 27 heavy (non-hydrogen) atoms. The number of thiazole rings is 1. The van der Waals surface area contributed by atoms with E-state index in [0.29, 0.717) is 5.56 Å². The molecule has 1 N–H and O–H groups in total. The van der Waals surface area contributed by atoms with Crippen LogP contribution >= 0.6 is 23.1 Å². The molecule has 1 amide bonds.